The number of aliphatic hydroxyl groups is 1. The molecule has 1 saturated carbocycles. The smallest absolute Gasteiger partial charge is 0.303 e. The molecule has 1 fully saturated rings. The maximum absolute atomic E-state index is 12.8. The molecule has 1 aromatic carbocycles. The van der Waals surface area contributed by atoms with Gasteiger partial charge in [0.05, 0.1) is 5.25 Å². The molecule has 30 heavy (non-hydrogen) atoms. The lowest BCUT2D eigenvalue weighted by atomic mass is 9.89. The topological polar surface area (TPSA) is 83.8 Å². The second-order valence-corrected chi connectivity index (χ2v) is 10.0. The van der Waals surface area contributed by atoms with E-state index < -0.39 is 12.1 Å². The van der Waals surface area contributed by atoms with Gasteiger partial charge in [0.2, 0.25) is 0 Å². The number of hydrogen-bond donors (Lipinski definition) is 2. The van der Waals surface area contributed by atoms with E-state index in [0.29, 0.717) is 17.2 Å². The van der Waals surface area contributed by atoms with E-state index in [4.69, 9.17) is 21.4 Å². The molecule has 7 heteroatoms. The number of hydrogen-bond acceptors (Lipinski definition) is 5. The highest BCUT2D eigenvalue weighted by Gasteiger charge is 2.46. The number of unbranched alkanes of at least 4 members (excludes halogenated alkanes) is 2. The molecule has 2 N–H and O–H groups in total. The Hall–Kier alpha value is -1.50. The van der Waals surface area contributed by atoms with Crippen molar-refractivity contribution in [3.8, 4) is 5.75 Å². The first-order valence-electron chi connectivity index (χ1n) is 10.3. The molecule has 0 aliphatic heterocycles. The van der Waals surface area contributed by atoms with Crippen LogP contribution in [-0.4, -0.2) is 45.7 Å². The zero-order valence-electron chi connectivity index (χ0n) is 17.6. The summed E-state index contributed by atoms with van der Waals surface area (Å²) in [6, 6.07) is 7.02. The Morgan fingerprint density at radius 1 is 1.37 bits per heavy atom. The first-order valence-corrected chi connectivity index (χ1v) is 11.7. The summed E-state index contributed by atoms with van der Waals surface area (Å²) >= 11 is 7.58. The minimum Gasteiger partial charge on any atom is -0.491 e. The van der Waals surface area contributed by atoms with Gasteiger partial charge >= 0.3 is 5.97 Å². The van der Waals surface area contributed by atoms with E-state index in [0.717, 1.165) is 25.0 Å². The minimum atomic E-state index is -0.774. The monoisotopic (exact) mass is 454 g/mol. The van der Waals surface area contributed by atoms with Crippen LogP contribution in [0.1, 0.15) is 46.0 Å². The number of Topliss-reactive ketones (excluding diaryl/α,β-unsaturated/α-hetero) is 1. The van der Waals surface area contributed by atoms with Crippen LogP contribution in [0.3, 0.4) is 0 Å². The number of allylic oxidation sites excluding steroid dienone is 1. The number of carbonyl (C=O) groups excluding carboxylic acids is 1. The number of thioether (sulfide) groups is 1. The third-order valence-electron chi connectivity index (χ3n) is 5.19. The molecule has 1 aromatic rings. The fourth-order valence-corrected chi connectivity index (χ4v) is 5.28. The van der Waals surface area contributed by atoms with Crippen molar-refractivity contribution in [2.24, 2.45) is 11.3 Å². The van der Waals surface area contributed by atoms with Gasteiger partial charge in [-0.2, -0.15) is 0 Å². The third-order valence-corrected chi connectivity index (χ3v) is 6.87. The molecule has 0 unspecified atom stereocenters. The number of benzene rings is 1. The van der Waals surface area contributed by atoms with Crippen LogP contribution < -0.4 is 4.74 Å². The largest absolute Gasteiger partial charge is 0.491 e. The van der Waals surface area contributed by atoms with E-state index in [9.17, 15) is 14.7 Å². The molecule has 0 spiro atoms. The highest BCUT2D eigenvalue weighted by Crippen LogP contribution is 2.44. The van der Waals surface area contributed by atoms with Gasteiger partial charge in [-0.15, -0.1) is 11.8 Å². The molecule has 1 aliphatic rings. The van der Waals surface area contributed by atoms with Crippen molar-refractivity contribution in [2.75, 3.05) is 12.4 Å². The second kappa shape index (κ2) is 11.8. The molecule has 3 atom stereocenters. The lowest BCUT2D eigenvalue weighted by Gasteiger charge is -2.16. The Bertz CT molecular complexity index is 749. The maximum Gasteiger partial charge on any atom is 0.303 e. The van der Waals surface area contributed by atoms with Crippen LogP contribution in [0.15, 0.2) is 36.4 Å². The predicted molar refractivity (Wildman–Crippen MR) is 121 cm³/mol. The van der Waals surface area contributed by atoms with Gasteiger partial charge in [-0.25, -0.2) is 0 Å². The van der Waals surface area contributed by atoms with E-state index >= 15 is 0 Å². The molecular formula is C23H31ClO5S. The van der Waals surface area contributed by atoms with Crippen molar-refractivity contribution in [3.63, 3.8) is 0 Å². The zero-order valence-corrected chi connectivity index (χ0v) is 19.1. The Kier molecular flexibility index (Phi) is 9.72. The molecule has 166 valence electrons. The van der Waals surface area contributed by atoms with Crippen molar-refractivity contribution in [1.29, 1.82) is 0 Å². The quantitative estimate of drug-likeness (QED) is 0.341. The number of carbonyl (C=O) groups is 2. The van der Waals surface area contributed by atoms with Crippen molar-refractivity contribution in [1.82, 2.24) is 0 Å². The van der Waals surface area contributed by atoms with Gasteiger partial charge in [-0.1, -0.05) is 50.1 Å². The van der Waals surface area contributed by atoms with Crippen LogP contribution in [0.25, 0.3) is 0 Å². The number of rotatable bonds is 12. The third kappa shape index (κ3) is 7.97. The SMILES string of the molecule is CC1(C)C[C@H](/C=C/[C@@H](O)COc2cccc(Cl)c2)[C@@H](SCCCCCC(=O)O)C1=O. The number of carboxylic acid groups (broad SMARTS) is 1. The van der Waals surface area contributed by atoms with Crippen molar-refractivity contribution >= 4 is 35.1 Å². The number of carboxylic acids is 1. The molecule has 0 radical (unpaired) electrons. The van der Waals surface area contributed by atoms with E-state index in [-0.39, 0.29) is 35.4 Å². The molecule has 2 rings (SSSR count). The van der Waals surface area contributed by atoms with Crippen molar-refractivity contribution in [3.05, 3.63) is 41.4 Å². The van der Waals surface area contributed by atoms with Crippen LogP contribution in [0.5, 0.6) is 5.75 Å². The average molecular weight is 455 g/mol. The molecule has 5 nitrogen and oxygen atoms in total. The summed E-state index contributed by atoms with van der Waals surface area (Å²) < 4.78 is 5.57. The van der Waals surface area contributed by atoms with Gasteiger partial charge in [0.25, 0.3) is 0 Å². The standard InChI is InChI=1S/C23H31ClO5S/c1-23(2)14-16(21(22(23)28)30-12-5-3-4-9-20(26)27)10-11-18(25)15-29-19-8-6-7-17(24)13-19/h6-8,10-11,13,16,18,21,25H,3-5,9,12,14-15H2,1-2H3,(H,26,27)/b11-10+/t16-,18+,21+/m0/s1. The number of aliphatic hydroxyl groups excluding tert-OH is 1. The summed E-state index contributed by atoms with van der Waals surface area (Å²) in [4.78, 5) is 23.4. The fraction of sp³-hybridized carbons (Fsp3) is 0.565. The van der Waals surface area contributed by atoms with Crippen LogP contribution >= 0.6 is 23.4 Å². The van der Waals surface area contributed by atoms with Crippen LogP contribution in [0, 0.1) is 11.3 Å². The zero-order chi connectivity index (χ0) is 22.1. The Morgan fingerprint density at radius 3 is 2.83 bits per heavy atom. The molecular weight excluding hydrogens is 424 g/mol. The van der Waals surface area contributed by atoms with Crippen molar-refractivity contribution < 1.29 is 24.5 Å². The number of ketones is 1. The van der Waals surface area contributed by atoms with Gasteiger partial charge in [-0.05, 0) is 49.1 Å². The normalized spacial score (nSPS) is 21.8. The van der Waals surface area contributed by atoms with Crippen molar-refractivity contribution in [2.45, 2.75) is 57.3 Å². The number of ether oxygens (including phenoxy) is 1. The average Bonchev–Trinajstić information content (AvgIpc) is 2.90. The molecule has 0 amide bonds. The summed E-state index contributed by atoms with van der Waals surface area (Å²) in [5, 5.41) is 19.4. The van der Waals surface area contributed by atoms with Crippen LogP contribution in [-0.2, 0) is 9.59 Å². The highest BCUT2D eigenvalue weighted by atomic mass is 35.5. The Labute approximate surface area is 187 Å². The van der Waals surface area contributed by atoms with Gasteiger partial charge in [-0.3, -0.25) is 9.59 Å². The molecule has 0 bridgehead atoms. The van der Waals surface area contributed by atoms with Crippen LogP contribution in [0.2, 0.25) is 5.02 Å². The predicted octanol–water partition coefficient (Wildman–Crippen LogP) is 5.00. The first-order chi connectivity index (χ1) is 14.2. The van der Waals surface area contributed by atoms with Gasteiger partial charge in [0.15, 0.2) is 5.78 Å². The molecule has 0 aromatic heterocycles. The summed E-state index contributed by atoms with van der Waals surface area (Å²) in [6.45, 7) is 4.06. The van der Waals surface area contributed by atoms with Gasteiger partial charge < -0.3 is 14.9 Å². The molecule has 0 heterocycles. The van der Waals surface area contributed by atoms with E-state index in [1.54, 1.807) is 42.1 Å². The Balaban J connectivity index is 1.84. The second-order valence-electron chi connectivity index (χ2n) is 8.33. The summed E-state index contributed by atoms with van der Waals surface area (Å²) in [5.41, 5.74) is -0.377. The Morgan fingerprint density at radius 2 is 2.13 bits per heavy atom. The van der Waals surface area contributed by atoms with E-state index in [1.807, 2.05) is 19.9 Å². The summed E-state index contributed by atoms with van der Waals surface area (Å²) in [7, 11) is 0. The highest BCUT2D eigenvalue weighted by molar-refractivity contribution is 8.00. The summed E-state index contributed by atoms with van der Waals surface area (Å²) in [6.07, 6.45) is 6.25. The first kappa shape index (κ1) is 24.8. The molecule has 1 aliphatic carbocycles. The van der Waals surface area contributed by atoms with E-state index in [2.05, 4.69) is 0 Å². The minimum absolute atomic E-state index is 0.0670. The lowest BCUT2D eigenvalue weighted by Crippen LogP contribution is -2.24. The number of aliphatic carboxylic acids is 1. The molecule has 0 saturated heterocycles. The van der Waals surface area contributed by atoms with E-state index in [1.165, 1.54) is 0 Å². The van der Waals surface area contributed by atoms with Gasteiger partial charge in [0, 0.05) is 16.9 Å². The number of halogens is 1. The maximum atomic E-state index is 12.8. The lowest BCUT2D eigenvalue weighted by molar-refractivity contribution is -0.137. The fourth-order valence-electron chi connectivity index (χ4n) is 3.57. The van der Waals surface area contributed by atoms with Gasteiger partial charge in [0.1, 0.15) is 18.5 Å². The summed E-state index contributed by atoms with van der Waals surface area (Å²) in [5.74, 6) is 0.980. The van der Waals surface area contributed by atoms with Crippen LogP contribution in [0.4, 0.5) is 0 Å².